The minimum absolute atomic E-state index is 0.273. The van der Waals surface area contributed by atoms with E-state index in [1.54, 1.807) is 0 Å². The lowest BCUT2D eigenvalue weighted by Gasteiger charge is -2.22. The molecule has 0 saturated heterocycles. The molecule has 1 aliphatic carbocycles. The highest BCUT2D eigenvalue weighted by Crippen LogP contribution is 2.35. The molecule has 4 rings (SSSR count). The molecule has 0 saturated carbocycles. The van der Waals surface area contributed by atoms with Crippen LogP contribution in [-0.4, -0.2) is 42.1 Å². The summed E-state index contributed by atoms with van der Waals surface area (Å²) in [5.41, 5.74) is 6.25. The number of likely N-dealkylation sites (N-methyl/N-ethyl adjacent to an activating group) is 1. The lowest BCUT2D eigenvalue weighted by Crippen LogP contribution is -2.27. The maximum atomic E-state index is 12.4. The lowest BCUT2D eigenvalue weighted by atomic mass is 9.92. The van der Waals surface area contributed by atoms with E-state index in [-0.39, 0.29) is 5.97 Å². The van der Waals surface area contributed by atoms with Gasteiger partial charge in [0.2, 0.25) is 0 Å². The zero-order chi connectivity index (χ0) is 21.6. The maximum Gasteiger partial charge on any atom is 0.338 e. The third-order valence-electron chi connectivity index (χ3n) is 6.09. The number of aromatic nitrogens is 1. The number of ether oxygens (including phenoxy) is 1. The van der Waals surface area contributed by atoms with Crippen LogP contribution in [0.15, 0.2) is 48.5 Å². The van der Waals surface area contributed by atoms with Crippen LogP contribution in [0.25, 0.3) is 10.9 Å². The van der Waals surface area contributed by atoms with E-state index < -0.39 is 0 Å². The first-order valence-electron chi connectivity index (χ1n) is 11.4. The fraction of sp³-hybridized carbons (Fsp3) is 0.385. The zero-order valence-corrected chi connectivity index (χ0v) is 18.5. The van der Waals surface area contributed by atoms with E-state index in [1.807, 2.05) is 30.3 Å². The molecule has 162 valence electrons. The smallest absolute Gasteiger partial charge is 0.338 e. The van der Waals surface area contributed by atoms with Crippen LogP contribution in [0.1, 0.15) is 48.3 Å². The van der Waals surface area contributed by atoms with E-state index >= 15 is 0 Å². The molecular formula is C26H31N3O2. The molecule has 0 radical (unpaired) electrons. The number of carbonyl (C=O) groups is 1. The Balaban J connectivity index is 1.50. The molecular weight excluding hydrogens is 386 g/mol. The molecule has 31 heavy (non-hydrogen) atoms. The van der Waals surface area contributed by atoms with Crippen molar-refractivity contribution in [2.24, 2.45) is 0 Å². The molecule has 2 aromatic carbocycles. The molecule has 0 bridgehead atoms. The second-order valence-electron chi connectivity index (χ2n) is 8.00. The second-order valence-corrected chi connectivity index (χ2v) is 8.00. The monoisotopic (exact) mass is 417 g/mol. The topological polar surface area (TPSA) is 54.5 Å². The molecule has 5 heteroatoms. The summed E-state index contributed by atoms with van der Waals surface area (Å²) in [5.74, 6) is -0.273. The SMILES string of the molecule is CCN(CC)CCOC(=O)c1ccc(Nc2c3c(nc4ccccc24)CCCC3)cc1. The maximum absolute atomic E-state index is 12.4. The van der Waals surface area contributed by atoms with Gasteiger partial charge in [0.1, 0.15) is 6.61 Å². The molecule has 0 atom stereocenters. The van der Waals surface area contributed by atoms with Crippen LogP contribution in [0, 0.1) is 0 Å². The number of aryl methyl sites for hydroxylation is 1. The normalized spacial score (nSPS) is 13.3. The second kappa shape index (κ2) is 9.92. The molecule has 0 fully saturated rings. The van der Waals surface area contributed by atoms with Gasteiger partial charge in [0, 0.05) is 23.3 Å². The van der Waals surface area contributed by atoms with Gasteiger partial charge in [-0.05, 0) is 74.7 Å². The van der Waals surface area contributed by atoms with Crippen molar-refractivity contribution in [1.29, 1.82) is 0 Å². The Morgan fingerprint density at radius 3 is 2.55 bits per heavy atom. The standard InChI is InChI=1S/C26H31N3O2/c1-3-29(4-2)17-18-31-26(30)19-13-15-20(16-14-19)27-25-21-9-5-7-11-23(21)28-24-12-8-6-10-22(24)25/h5,7,9,11,13-16H,3-4,6,8,10,12,17-18H2,1-2H3,(H,27,28). The van der Waals surface area contributed by atoms with Gasteiger partial charge in [-0.2, -0.15) is 0 Å². The van der Waals surface area contributed by atoms with Crippen LogP contribution in [0.5, 0.6) is 0 Å². The number of para-hydroxylation sites is 1. The van der Waals surface area contributed by atoms with Crippen molar-refractivity contribution in [2.45, 2.75) is 39.5 Å². The number of nitrogens with zero attached hydrogens (tertiary/aromatic N) is 2. The molecule has 5 nitrogen and oxygen atoms in total. The Morgan fingerprint density at radius 2 is 1.77 bits per heavy atom. The van der Waals surface area contributed by atoms with Gasteiger partial charge in [0.25, 0.3) is 0 Å². The summed E-state index contributed by atoms with van der Waals surface area (Å²) in [6, 6.07) is 15.9. The van der Waals surface area contributed by atoms with Crippen molar-refractivity contribution in [3.05, 3.63) is 65.4 Å². The molecule has 0 amide bonds. The minimum atomic E-state index is -0.273. The number of esters is 1. The average Bonchev–Trinajstić information content (AvgIpc) is 2.82. The molecule has 1 N–H and O–H groups in total. The van der Waals surface area contributed by atoms with Gasteiger partial charge in [0.15, 0.2) is 0 Å². The van der Waals surface area contributed by atoms with Gasteiger partial charge < -0.3 is 15.0 Å². The van der Waals surface area contributed by atoms with Crippen molar-refractivity contribution >= 4 is 28.2 Å². The Morgan fingerprint density at radius 1 is 1.03 bits per heavy atom. The van der Waals surface area contributed by atoms with E-state index in [0.29, 0.717) is 12.2 Å². The van der Waals surface area contributed by atoms with Gasteiger partial charge in [0.05, 0.1) is 16.8 Å². The summed E-state index contributed by atoms with van der Waals surface area (Å²) in [7, 11) is 0. The van der Waals surface area contributed by atoms with Gasteiger partial charge >= 0.3 is 5.97 Å². The lowest BCUT2D eigenvalue weighted by molar-refractivity contribution is 0.0466. The summed E-state index contributed by atoms with van der Waals surface area (Å²) in [4.78, 5) is 19.5. The quantitative estimate of drug-likeness (QED) is 0.500. The number of nitrogens with one attached hydrogen (secondary N) is 1. The predicted molar refractivity (Wildman–Crippen MR) is 126 cm³/mol. The van der Waals surface area contributed by atoms with Crippen LogP contribution < -0.4 is 5.32 Å². The minimum Gasteiger partial charge on any atom is -0.461 e. The Bertz CT molecular complexity index is 1040. The van der Waals surface area contributed by atoms with Gasteiger partial charge in [-0.15, -0.1) is 0 Å². The van der Waals surface area contributed by atoms with Crippen LogP contribution in [0.3, 0.4) is 0 Å². The summed E-state index contributed by atoms with van der Waals surface area (Å²) in [6.45, 7) is 7.32. The van der Waals surface area contributed by atoms with Gasteiger partial charge in [-0.1, -0.05) is 32.0 Å². The third kappa shape index (κ3) is 4.88. The van der Waals surface area contributed by atoms with Crippen molar-refractivity contribution in [3.63, 3.8) is 0 Å². The van der Waals surface area contributed by atoms with E-state index in [9.17, 15) is 4.79 Å². The largest absolute Gasteiger partial charge is 0.461 e. The summed E-state index contributed by atoms with van der Waals surface area (Å²) >= 11 is 0. The molecule has 0 spiro atoms. The van der Waals surface area contributed by atoms with Crippen molar-refractivity contribution in [1.82, 2.24) is 9.88 Å². The molecule has 1 aromatic heterocycles. The van der Waals surface area contributed by atoms with Crippen molar-refractivity contribution < 1.29 is 9.53 Å². The Hall–Kier alpha value is -2.92. The summed E-state index contributed by atoms with van der Waals surface area (Å²) in [6.07, 6.45) is 4.47. The third-order valence-corrected chi connectivity index (χ3v) is 6.09. The Kier molecular flexibility index (Phi) is 6.82. The first-order chi connectivity index (χ1) is 15.2. The average molecular weight is 418 g/mol. The molecule has 0 unspecified atom stereocenters. The zero-order valence-electron chi connectivity index (χ0n) is 18.5. The highest BCUT2D eigenvalue weighted by atomic mass is 16.5. The van der Waals surface area contributed by atoms with Crippen LogP contribution in [0.2, 0.25) is 0 Å². The number of pyridine rings is 1. The van der Waals surface area contributed by atoms with Crippen molar-refractivity contribution in [2.75, 3.05) is 31.6 Å². The fourth-order valence-corrected chi connectivity index (χ4v) is 4.24. The highest BCUT2D eigenvalue weighted by Gasteiger charge is 2.18. The van der Waals surface area contributed by atoms with E-state index in [4.69, 9.17) is 9.72 Å². The van der Waals surface area contributed by atoms with Crippen LogP contribution >= 0.6 is 0 Å². The van der Waals surface area contributed by atoms with Gasteiger partial charge in [-0.3, -0.25) is 4.98 Å². The number of rotatable bonds is 8. The number of anilines is 2. The number of hydrogen-bond acceptors (Lipinski definition) is 5. The fourth-order valence-electron chi connectivity index (χ4n) is 4.24. The number of benzene rings is 2. The molecule has 1 aliphatic rings. The molecule has 0 aliphatic heterocycles. The van der Waals surface area contributed by atoms with E-state index in [0.717, 1.165) is 54.8 Å². The molecule has 3 aromatic rings. The van der Waals surface area contributed by atoms with E-state index in [1.165, 1.54) is 24.1 Å². The number of carbonyl (C=O) groups excluding carboxylic acids is 1. The number of fused-ring (bicyclic) bond motifs is 2. The predicted octanol–water partition coefficient (Wildman–Crippen LogP) is 5.36. The number of hydrogen-bond donors (Lipinski definition) is 1. The van der Waals surface area contributed by atoms with Gasteiger partial charge in [-0.25, -0.2) is 4.79 Å². The Labute approximate surface area is 184 Å². The van der Waals surface area contributed by atoms with Crippen molar-refractivity contribution in [3.8, 4) is 0 Å². The van der Waals surface area contributed by atoms with Crippen LogP contribution in [-0.2, 0) is 17.6 Å². The highest BCUT2D eigenvalue weighted by molar-refractivity contribution is 5.96. The molecule has 1 heterocycles. The first-order valence-corrected chi connectivity index (χ1v) is 11.4. The summed E-state index contributed by atoms with van der Waals surface area (Å²) < 4.78 is 5.44. The van der Waals surface area contributed by atoms with E-state index in [2.05, 4.69) is 42.3 Å². The van der Waals surface area contributed by atoms with Crippen LogP contribution in [0.4, 0.5) is 11.4 Å². The summed E-state index contributed by atoms with van der Waals surface area (Å²) in [5, 5.41) is 4.76. The first kappa shape index (κ1) is 21.3.